The van der Waals surface area contributed by atoms with E-state index in [1.54, 1.807) is 0 Å². The normalized spacial score (nSPS) is 18.3. The Morgan fingerprint density at radius 2 is 1.21 bits per heavy atom. The summed E-state index contributed by atoms with van der Waals surface area (Å²) < 4.78 is 75.9. The van der Waals surface area contributed by atoms with Gasteiger partial charge in [-0.05, 0) is 74.0 Å². The number of benzene rings is 2. The molecule has 0 amide bonds. The highest BCUT2D eigenvalue weighted by molar-refractivity contribution is 5.25. The van der Waals surface area contributed by atoms with Crippen LogP contribution in [-0.2, 0) is 25.2 Å². The molecule has 1 nitrogen and oxygen atoms in total. The lowest BCUT2D eigenvalue weighted by Crippen LogP contribution is -2.31. The first kappa shape index (κ1) is 21.7. The van der Waals surface area contributed by atoms with Gasteiger partial charge in [-0.2, -0.15) is 26.3 Å². The van der Waals surface area contributed by atoms with Crippen molar-refractivity contribution in [1.29, 1.82) is 0 Å². The van der Waals surface area contributed by atoms with Crippen LogP contribution in [0.1, 0.15) is 41.5 Å². The Morgan fingerprint density at radius 1 is 0.724 bits per heavy atom. The lowest BCUT2D eigenvalue weighted by Gasteiger charge is -2.24. The Kier molecular flexibility index (Phi) is 6.56. The third-order valence-electron chi connectivity index (χ3n) is 5.52. The fraction of sp³-hybridized carbons (Fsp3) is 0.455. The summed E-state index contributed by atoms with van der Waals surface area (Å²) in [6, 6.07) is 10.9. The molecule has 1 saturated heterocycles. The zero-order chi connectivity index (χ0) is 21.1. The van der Waals surface area contributed by atoms with E-state index in [-0.39, 0.29) is 0 Å². The van der Waals surface area contributed by atoms with Crippen LogP contribution in [0.4, 0.5) is 26.3 Å². The second kappa shape index (κ2) is 8.78. The van der Waals surface area contributed by atoms with E-state index in [1.807, 2.05) is 0 Å². The highest BCUT2D eigenvalue weighted by Gasteiger charge is 2.31. The van der Waals surface area contributed by atoms with Crippen LogP contribution in [0.5, 0.6) is 0 Å². The maximum Gasteiger partial charge on any atom is 0.416 e. The molecular formula is C22H23F6N. The molecule has 0 aliphatic carbocycles. The standard InChI is InChI=1S/C22H23F6N/c23-21(24,25)18-8-3-16(4-9-18)7-12-20-2-1-14-29(20)15-13-17-5-10-19(11-6-17)22(26,27)28/h3-6,8-11,20H,1-2,7,12-15H2. The van der Waals surface area contributed by atoms with E-state index in [0.29, 0.717) is 18.9 Å². The monoisotopic (exact) mass is 415 g/mol. The van der Waals surface area contributed by atoms with Crippen molar-refractivity contribution in [3.05, 3.63) is 70.8 Å². The largest absolute Gasteiger partial charge is 0.416 e. The molecule has 0 aromatic heterocycles. The molecule has 0 N–H and O–H groups in total. The van der Waals surface area contributed by atoms with Crippen LogP contribution in [0.25, 0.3) is 0 Å². The lowest BCUT2D eigenvalue weighted by molar-refractivity contribution is -0.138. The number of alkyl halides is 6. The van der Waals surface area contributed by atoms with E-state index in [1.165, 1.54) is 24.3 Å². The maximum absolute atomic E-state index is 12.6. The second-order valence-electron chi connectivity index (χ2n) is 7.51. The van der Waals surface area contributed by atoms with Crippen LogP contribution in [-0.4, -0.2) is 24.0 Å². The van der Waals surface area contributed by atoms with Gasteiger partial charge in [0.1, 0.15) is 0 Å². The number of halogens is 6. The predicted octanol–water partition coefficient (Wildman–Crippen LogP) is 6.36. The lowest BCUT2D eigenvalue weighted by atomic mass is 10.0. The third-order valence-corrected chi connectivity index (χ3v) is 5.52. The average molecular weight is 415 g/mol. The van der Waals surface area contributed by atoms with Crippen LogP contribution in [0.15, 0.2) is 48.5 Å². The van der Waals surface area contributed by atoms with Gasteiger partial charge in [0.25, 0.3) is 0 Å². The highest BCUT2D eigenvalue weighted by Crippen LogP contribution is 2.30. The van der Waals surface area contributed by atoms with Crippen molar-refractivity contribution in [3.8, 4) is 0 Å². The summed E-state index contributed by atoms with van der Waals surface area (Å²) in [6.45, 7) is 1.71. The minimum Gasteiger partial charge on any atom is -0.300 e. The number of rotatable bonds is 6. The molecule has 1 atom stereocenters. The van der Waals surface area contributed by atoms with Gasteiger partial charge in [-0.3, -0.25) is 0 Å². The molecule has 1 fully saturated rings. The molecule has 158 valence electrons. The van der Waals surface area contributed by atoms with Crippen LogP contribution < -0.4 is 0 Å². The average Bonchev–Trinajstić information content (AvgIpc) is 3.11. The molecule has 0 spiro atoms. The van der Waals surface area contributed by atoms with Crippen molar-refractivity contribution in [3.63, 3.8) is 0 Å². The van der Waals surface area contributed by atoms with Crippen molar-refractivity contribution < 1.29 is 26.3 Å². The Labute approximate surface area is 166 Å². The smallest absolute Gasteiger partial charge is 0.300 e. The summed E-state index contributed by atoms with van der Waals surface area (Å²) in [5.74, 6) is 0. The molecule has 0 radical (unpaired) electrons. The third kappa shape index (κ3) is 5.98. The van der Waals surface area contributed by atoms with E-state index < -0.39 is 23.5 Å². The highest BCUT2D eigenvalue weighted by atomic mass is 19.4. The number of likely N-dealkylation sites (tertiary alicyclic amines) is 1. The number of hydrogen-bond donors (Lipinski definition) is 0. The Hall–Kier alpha value is -2.02. The molecule has 0 saturated carbocycles. The predicted molar refractivity (Wildman–Crippen MR) is 99.5 cm³/mol. The first-order chi connectivity index (χ1) is 13.6. The fourth-order valence-electron chi connectivity index (χ4n) is 3.84. The Morgan fingerprint density at radius 3 is 1.69 bits per heavy atom. The van der Waals surface area contributed by atoms with Crippen molar-refractivity contribution in [2.24, 2.45) is 0 Å². The van der Waals surface area contributed by atoms with E-state index >= 15 is 0 Å². The maximum atomic E-state index is 12.6. The van der Waals surface area contributed by atoms with E-state index in [9.17, 15) is 26.3 Å². The quantitative estimate of drug-likeness (QED) is 0.496. The molecule has 1 unspecified atom stereocenters. The molecule has 3 rings (SSSR count). The molecule has 1 aliphatic rings. The molecule has 7 heteroatoms. The number of nitrogens with zero attached hydrogens (tertiary/aromatic N) is 1. The van der Waals surface area contributed by atoms with E-state index in [0.717, 1.165) is 67.7 Å². The van der Waals surface area contributed by atoms with Gasteiger partial charge >= 0.3 is 12.4 Å². The molecule has 2 aromatic rings. The van der Waals surface area contributed by atoms with Gasteiger partial charge in [0.15, 0.2) is 0 Å². The van der Waals surface area contributed by atoms with Crippen LogP contribution in [0.2, 0.25) is 0 Å². The van der Waals surface area contributed by atoms with Crippen LogP contribution >= 0.6 is 0 Å². The summed E-state index contributed by atoms with van der Waals surface area (Å²) in [6.07, 6.45) is -4.30. The molecule has 0 bridgehead atoms. The fourth-order valence-corrected chi connectivity index (χ4v) is 3.84. The van der Waals surface area contributed by atoms with Crippen molar-refractivity contribution in [2.75, 3.05) is 13.1 Å². The van der Waals surface area contributed by atoms with Gasteiger partial charge in [0.05, 0.1) is 11.1 Å². The zero-order valence-electron chi connectivity index (χ0n) is 15.9. The van der Waals surface area contributed by atoms with Gasteiger partial charge in [0, 0.05) is 12.6 Å². The van der Waals surface area contributed by atoms with E-state index in [2.05, 4.69) is 4.90 Å². The number of hydrogen-bond acceptors (Lipinski definition) is 1. The van der Waals surface area contributed by atoms with Gasteiger partial charge in [0.2, 0.25) is 0 Å². The van der Waals surface area contributed by atoms with Crippen molar-refractivity contribution >= 4 is 0 Å². The Bertz CT molecular complexity index is 709. The zero-order valence-corrected chi connectivity index (χ0v) is 15.9. The first-order valence-corrected chi connectivity index (χ1v) is 9.69. The number of aryl methyl sites for hydroxylation is 1. The van der Waals surface area contributed by atoms with Crippen LogP contribution in [0.3, 0.4) is 0 Å². The van der Waals surface area contributed by atoms with Gasteiger partial charge in [-0.1, -0.05) is 24.3 Å². The molecular weight excluding hydrogens is 392 g/mol. The summed E-state index contributed by atoms with van der Waals surface area (Å²) in [5.41, 5.74) is 0.469. The summed E-state index contributed by atoms with van der Waals surface area (Å²) >= 11 is 0. The summed E-state index contributed by atoms with van der Waals surface area (Å²) in [5, 5.41) is 0. The van der Waals surface area contributed by atoms with Gasteiger partial charge in [-0.25, -0.2) is 0 Å². The SMILES string of the molecule is FC(F)(F)c1ccc(CCC2CCCN2CCc2ccc(C(F)(F)F)cc2)cc1. The molecule has 29 heavy (non-hydrogen) atoms. The van der Waals surface area contributed by atoms with Gasteiger partial charge in [-0.15, -0.1) is 0 Å². The molecule has 2 aromatic carbocycles. The van der Waals surface area contributed by atoms with Crippen LogP contribution in [0, 0.1) is 0 Å². The second-order valence-corrected chi connectivity index (χ2v) is 7.51. The van der Waals surface area contributed by atoms with E-state index in [4.69, 9.17) is 0 Å². The summed E-state index contributed by atoms with van der Waals surface area (Å²) in [4.78, 5) is 2.34. The topological polar surface area (TPSA) is 3.24 Å². The molecule has 1 aliphatic heterocycles. The van der Waals surface area contributed by atoms with Crippen molar-refractivity contribution in [1.82, 2.24) is 4.90 Å². The minimum atomic E-state index is -4.32. The van der Waals surface area contributed by atoms with Crippen molar-refractivity contribution in [2.45, 2.75) is 50.5 Å². The minimum absolute atomic E-state index is 0.353. The summed E-state index contributed by atoms with van der Waals surface area (Å²) in [7, 11) is 0. The Balaban J connectivity index is 1.50. The first-order valence-electron chi connectivity index (χ1n) is 9.69. The van der Waals surface area contributed by atoms with Gasteiger partial charge < -0.3 is 4.90 Å². The molecule has 1 heterocycles.